The molecule has 0 fully saturated rings. The highest BCUT2D eigenvalue weighted by Gasteiger charge is 2.12. The molecular weight excluding hydrogens is 396 g/mol. The highest BCUT2D eigenvalue weighted by Crippen LogP contribution is 2.15. The molecule has 0 aliphatic heterocycles. The maximum atomic E-state index is 12.4. The molecule has 9 heteroatoms. The number of anilines is 2. The summed E-state index contributed by atoms with van der Waals surface area (Å²) < 4.78 is 5.99. The molecule has 2 amide bonds. The second kappa shape index (κ2) is 9.03. The molecule has 0 spiro atoms. The molecule has 0 saturated heterocycles. The van der Waals surface area contributed by atoms with Gasteiger partial charge in [0.15, 0.2) is 0 Å². The second-order valence-corrected chi connectivity index (χ2v) is 6.39. The summed E-state index contributed by atoms with van der Waals surface area (Å²) in [4.78, 5) is 36.6. The van der Waals surface area contributed by atoms with E-state index >= 15 is 0 Å². The van der Waals surface area contributed by atoms with Crippen LogP contribution in [-0.2, 0) is 11.3 Å². The van der Waals surface area contributed by atoms with Crippen molar-refractivity contribution in [1.82, 2.24) is 9.78 Å². The number of carbonyl (C=O) groups is 2. The third-order valence-electron chi connectivity index (χ3n) is 3.87. The zero-order valence-electron chi connectivity index (χ0n) is 15.4. The van der Waals surface area contributed by atoms with Crippen LogP contribution in [0.25, 0.3) is 0 Å². The summed E-state index contributed by atoms with van der Waals surface area (Å²) in [6, 6.07) is 15.8. The van der Waals surface area contributed by atoms with Gasteiger partial charge in [-0.2, -0.15) is 5.10 Å². The molecule has 0 radical (unpaired) electrons. The van der Waals surface area contributed by atoms with Crippen molar-refractivity contribution in [3.8, 4) is 5.75 Å². The third-order valence-corrected chi connectivity index (χ3v) is 4.12. The topological polar surface area (TPSA) is 102 Å². The van der Waals surface area contributed by atoms with Gasteiger partial charge in [0.2, 0.25) is 5.91 Å². The molecular formula is C20H17ClN4O4. The number of aromatic nitrogens is 2. The number of carbonyl (C=O) groups excluding carboxylic acids is 2. The summed E-state index contributed by atoms with van der Waals surface area (Å²) in [6.07, 6.45) is 0. The smallest absolute Gasteiger partial charge is 0.276 e. The van der Waals surface area contributed by atoms with E-state index in [1.165, 1.54) is 12.1 Å². The molecule has 8 nitrogen and oxygen atoms in total. The van der Waals surface area contributed by atoms with Crippen LogP contribution < -0.4 is 20.9 Å². The van der Waals surface area contributed by atoms with Crippen molar-refractivity contribution in [3.05, 3.63) is 81.7 Å². The fraction of sp³-hybridized carbons (Fsp3) is 0.100. The monoisotopic (exact) mass is 412 g/mol. The lowest BCUT2D eigenvalue weighted by Gasteiger charge is -2.09. The first-order valence-corrected chi connectivity index (χ1v) is 8.91. The largest absolute Gasteiger partial charge is 0.497 e. The highest BCUT2D eigenvalue weighted by atomic mass is 35.5. The molecule has 29 heavy (non-hydrogen) atoms. The van der Waals surface area contributed by atoms with Gasteiger partial charge in [0.05, 0.1) is 7.11 Å². The van der Waals surface area contributed by atoms with Gasteiger partial charge in [-0.15, -0.1) is 0 Å². The van der Waals surface area contributed by atoms with Crippen molar-refractivity contribution < 1.29 is 14.3 Å². The number of methoxy groups -OCH3 is 1. The van der Waals surface area contributed by atoms with Crippen LogP contribution in [0.15, 0.2) is 65.5 Å². The molecule has 2 N–H and O–H groups in total. The first kappa shape index (κ1) is 20.1. The number of ether oxygens (including phenoxy) is 1. The lowest BCUT2D eigenvalue weighted by Crippen LogP contribution is -2.31. The van der Waals surface area contributed by atoms with Crippen LogP contribution in [0.5, 0.6) is 5.75 Å². The van der Waals surface area contributed by atoms with E-state index in [1.807, 2.05) is 0 Å². The first-order chi connectivity index (χ1) is 13.9. The van der Waals surface area contributed by atoms with Crippen molar-refractivity contribution >= 4 is 34.8 Å². The maximum absolute atomic E-state index is 12.4. The summed E-state index contributed by atoms with van der Waals surface area (Å²) in [6.45, 7) is -0.342. The lowest BCUT2D eigenvalue weighted by atomic mass is 10.3. The number of rotatable bonds is 6. The molecule has 0 saturated carbocycles. The van der Waals surface area contributed by atoms with Gasteiger partial charge < -0.3 is 15.4 Å². The van der Waals surface area contributed by atoms with Gasteiger partial charge in [-0.1, -0.05) is 11.6 Å². The van der Waals surface area contributed by atoms with Crippen LogP contribution in [0.1, 0.15) is 10.5 Å². The summed E-state index contributed by atoms with van der Waals surface area (Å²) in [7, 11) is 1.55. The van der Waals surface area contributed by atoms with Gasteiger partial charge >= 0.3 is 0 Å². The van der Waals surface area contributed by atoms with Crippen molar-refractivity contribution in [3.63, 3.8) is 0 Å². The van der Waals surface area contributed by atoms with Crippen molar-refractivity contribution in [2.24, 2.45) is 0 Å². The molecule has 0 bridgehead atoms. The van der Waals surface area contributed by atoms with E-state index in [2.05, 4.69) is 15.7 Å². The maximum Gasteiger partial charge on any atom is 0.276 e. The molecule has 0 atom stereocenters. The zero-order chi connectivity index (χ0) is 20.8. The fourth-order valence-corrected chi connectivity index (χ4v) is 2.55. The second-order valence-electron chi connectivity index (χ2n) is 5.95. The standard InChI is InChI=1S/C20H17ClN4O4/c1-29-16-8-6-15(7-9-16)23-20(28)17-10-11-19(27)25(24-17)12-18(26)22-14-4-2-13(21)3-5-14/h2-11H,12H2,1H3,(H,22,26)(H,23,28). The Morgan fingerprint density at radius 2 is 1.59 bits per heavy atom. The first-order valence-electron chi connectivity index (χ1n) is 8.53. The molecule has 1 aromatic heterocycles. The summed E-state index contributed by atoms with van der Waals surface area (Å²) >= 11 is 5.81. The van der Waals surface area contributed by atoms with Crippen molar-refractivity contribution in [1.29, 1.82) is 0 Å². The molecule has 3 aromatic rings. The Bertz CT molecular complexity index is 1080. The Labute approximate surface area is 171 Å². The average molecular weight is 413 g/mol. The van der Waals surface area contributed by atoms with E-state index < -0.39 is 17.4 Å². The minimum atomic E-state index is -0.512. The minimum absolute atomic E-state index is 0.000268. The summed E-state index contributed by atoms with van der Waals surface area (Å²) in [5, 5.41) is 9.83. The number of hydrogen-bond donors (Lipinski definition) is 2. The quantitative estimate of drug-likeness (QED) is 0.648. The number of amides is 2. The number of nitrogens with zero attached hydrogens (tertiary/aromatic N) is 2. The third kappa shape index (κ3) is 5.43. The van der Waals surface area contributed by atoms with Gasteiger partial charge in [0, 0.05) is 22.5 Å². The zero-order valence-corrected chi connectivity index (χ0v) is 16.1. The molecule has 0 unspecified atom stereocenters. The Balaban J connectivity index is 1.69. The molecule has 2 aromatic carbocycles. The highest BCUT2D eigenvalue weighted by molar-refractivity contribution is 6.30. The van der Waals surface area contributed by atoms with E-state index in [4.69, 9.17) is 16.3 Å². The number of nitrogens with one attached hydrogen (secondary N) is 2. The summed E-state index contributed by atoms with van der Waals surface area (Å²) in [5.74, 6) is -0.321. The van der Waals surface area contributed by atoms with Crippen LogP contribution >= 0.6 is 11.6 Å². The molecule has 0 aliphatic rings. The predicted molar refractivity (Wildman–Crippen MR) is 110 cm³/mol. The van der Waals surface area contributed by atoms with Crippen LogP contribution in [0.4, 0.5) is 11.4 Å². The van der Waals surface area contributed by atoms with Gasteiger partial charge in [-0.25, -0.2) is 4.68 Å². The molecule has 0 aliphatic carbocycles. The lowest BCUT2D eigenvalue weighted by molar-refractivity contribution is -0.117. The molecule has 3 rings (SSSR count). The van der Waals surface area contributed by atoms with Gasteiger partial charge in [0.1, 0.15) is 18.0 Å². The average Bonchev–Trinajstić information content (AvgIpc) is 2.72. The Morgan fingerprint density at radius 3 is 2.24 bits per heavy atom. The Morgan fingerprint density at radius 1 is 0.966 bits per heavy atom. The van der Waals surface area contributed by atoms with Crippen LogP contribution in [0.2, 0.25) is 5.02 Å². The van der Waals surface area contributed by atoms with Crippen LogP contribution in [-0.4, -0.2) is 28.7 Å². The van der Waals surface area contributed by atoms with Gasteiger partial charge in [-0.05, 0) is 54.6 Å². The normalized spacial score (nSPS) is 10.3. The fourth-order valence-electron chi connectivity index (χ4n) is 2.42. The van der Waals surface area contributed by atoms with E-state index in [0.717, 1.165) is 4.68 Å². The molecule has 1 heterocycles. The summed E-state index contributed by atoms with van der Waals surface area (Å²) in [5.41, 5.74) is 0.564. The van der Waals surface area contributed by atoms with Gasteiger partial charge in [0.25, 0.3) is 11.5 Å². The van der Waals surface area contributed by atoms with Crippen molar-refractivity contribution in [2.45, 2.75) is 6.54 Å². The van der Waals surface area contributed by atoms with E-state index in [1.54, 1.807) is 55.6 Å². The number of benzene rings is 2. The number of hydrogen-bond acceptors (Lipinski definition) is 5. The molecule has 148 valence electrons. The van der Waals surface area contributed by atoms with Crippen LogP contribution in [0, 0.1) is 0 Å². The predicted octanol–water partition coefficient (Wildman–Crippen LogP) is 2.80. The van der Waals surface area contributed by atoms with Crippen molar-refractivity contribution in [2.75, 3.05) is 17.7 Å². The van der Waals surface area contributed by atoms with Crippen LogP contribution in [0.3, 0.4) is 0 Å². The Kier molecular flexibility index (Phi) is 6.25. The van der Waals surface area contributed by atoms with E-state index in [-0.39, 0.29) is 12.2 Å². The Hall–Kier alpha value is -3.65. The SMILES string of the molecule is COc1ccc(NC(=O)c2ccc(=O)n(CC(=O)Nc3ccc(Cl)cc3)n2)cc1. The minimum Gasteiger partial charge on any atom is -0.497 e. The number of halogens is 1. The van der Waals surface area contributed by atoms with E-state index in [9.17, 15) is 14.4 Å². The van der Waals surface area contributed by atoms with Gasteiger partial charge in [-0.3, -0.25) is 14.4 Å². The van der Waals surface area contributed by atoms with E-state index in [0.29, 0.717) is 22.1 Å².